The third-order valence-electron chi connectivity index (χ3n) is 4.17. The molecule has 3 rings (SSSR count). The second kappa shape index (κ2) is 5.73. The summed E-state index contributed by atoms with van der Waals surface area (Å²) in [5, 5.41) is 10.9. The van der Waals surface area contributed by atoms with E-state index in [1.807, 2.05) is 24.4 Å². The van der Waals surface area contributed by atoms with Crippen LogP contribution in [-0.4, -0.2) is 23.8 Å². The van der Waals surface area contributed by atoms with Crippen molar-refractivity contribution < 1.29 is 9.18 Å². The lowest BCUT2D eigenvalue weighted by Gasteiger charge is -2.32. The second-order valence-corrected chi connectivity index (χ2v) is 6.79. The van der Waals surface area contributed by atoms with Gasteiger partial charge in [-0.25, -0.2) is 9.38 Å². The molecule has 7 heteroatoms. The van der Waals surface area contributed by atoms with Gasteiger partial charge >= 0.3 is 0 Å². The molecule has 5 nitrogen and oxygen atoms in total. The van der Waals surface area contributed by atoms with Crippen LogP contribution in [0.25, 0.3) is 10.4 Å². The molecule has 24 heavy (non-hydrogen) atoms. The van der Waals surface area contributed by atoms with E-state index in [-0.39, 0.29) is 23.9 Å². The Bertz CT molecular complexity index is 898. The fourth-order valence-corrected chi connectivity index (χ4v) is 3.64. The average Bonchev–Trinajstić information content (AvgIpc) is 3.04. The Morgan fingerprint density at radius 3 is 2.88 bits per heavy atom. The van der Waals surface area contributed by atoms with Crippen molar-refractivity contribution in [3.05, 3.63) is 46.6 Å². The highest BCUT2D eigenvalue weighted by Gasteiger charge is 2.36. The van der Waals surface area contributed by atoms with E-state index in [1.165, 1.54) is 28.4 Å². The molecule has 0 saturated heterocycles. The summed E-state index contributed by atoms with van der Waals surface area (Å²) in [4.78, 5) is 18.8. The van der Waals surface area contributed by atoms with Gasteiger partial charge in [-0.05, 0) is 41.6 Å². The molecule has 0 spiro atoms. The van der Waals surface area contributed by atoms with E-state index < -0.39 is 11.4 Å². The molecule has 0 aliphatic carbocycles. The molecule has 122 valence electrons. The highest BCUT2D eigenvalue weighted by molar-refractivity contribution is 7.13. The molecule has 2 aromatic rings. The molecule has 2 N–H and O–H groups in total. The van der Waals surface area contributed by atoms with Gasteiger partial charge < -0.3 is 5.73 Å². The van der Waals surface area contributed by atoms with Gasteiger partial charge in [-0.3, -0.25) is 9.69 Å². The summed E-state index contributed by atoms with van der Waals surface area (Å²) in [5.41, 5.74) is 6.74. The maximum absolute atomic E-state index is 13.5. The molecule has 1 aromatic carbocycles. The van der Waals surface area contributed by atoms with E-state index in [9.17, 15) is 9.18 Å². The number of halogens is 1. The fraction of sp³-hybridized carbons (Fsp3) is 0.235. The topological polar surface area (TPSA) is 82.5 Å². The van der Waals surface area contributed by atoms with Crippen LogP contribution in [-0.2, 0) is 10.3 Å². The van der Waals surface area contributed by atoms with Crippen LogP contribution in [0.2, 0.25) is 0 Å². The summed E-state index contributed by atoms with van der Waals surface area (Å²) in [5.74, 6) is -0.440. The number of aliphatic imine (C=N–C) groups is 1. The standard InChI is InChI=1S/C17H15FN4OS/c1-17(7-15(23)22(2)16(20)21-17)12-6-14(24-9-12)10-3-4-13(18)11(5-10)8-19/h3-6,9H,7H2,1-2H3,(H2,20,21). The number of guanidine groups is 1. The van der Waals surface area contributed by atoms with E-state index in [0.29, 0.717) is 0 Å². The largest absolute Gasteiger partial charge is 0.369 e. The van der Waals surface area contributed by atoms with Crippen LogP contribution in [0, 0.1) is 17.1 Å². The third kappa shape index (κ3) is 2.65. The molecule has 1 aromatic heterocycles. The zero-order chi connectivity index (χ0) is 17.5. The maximum Gasteiger partial charge on any atom is 0.231 e. The average molecular weight is 342 g/mol. The number of nitrogens with zero attached hydrogens (tertiary/aromatic N) is 3. The van der Waals surface area contributed by atoms with Gasteiger partial charge in [-0.2, -0.15) is 5.26 Å². The van der Waals surface area contributed by atoms with Crippen LogP contribution in [0.1, 0.15) is 24.5 Å². The van der Waals surface area contributed by atoms with Crippen LogP contribution >= 0.6 is 11.3 Å². The molecule has 1 aliphatic rings. The normalized spacial score (nSPS) is 20.7. The zero-order valence-corrected chi connectivity index (χ0v) is 14.0. The number of carbonyl (C=O) groups excluding carboxylic acids is 1. The molecular formula is C17H15FN4OS. The number of rotatable bonds is 2. The van der Waals surface area contributed by atoms with Crippen molar-refractivity contribution in [3.8, 4) is 16.5 Å². The number of thiophene rings is 1. The van der Waals surface area contributed by atoms with Gasteiger partial charge in [-0.1, -0.05) is 6.07 Å². The van der Waals surface area contributed by atoms with Gasteiger partial charge in [0.25, 0.3) is 0 Å². The number of carbonyl (C=O) groups is 1. The van der Waals surface area contributed by atoms with E-state index in [2.05, 4.69) is 4.99 Å². The van der Waals surface area contributed by atoms with Crippen LogP contribution in [0.3, 0.4) is 0 Å². The van der Waals surface area contributed by atoms with Gasteiger partial charge in [0.2, 0.25) is 5.91 Å². The Labute approximate surface area is 142 Å². The predicted octanol–water partition coefficient (Wildman–Crippen LogP) is 2.82. The first kappa shape index (κ1) is 16.1. The number of nitriles is 1. The first-order chi connectivity index (χ1) is 11.3. The van der Waals surface area contributed by atoms with Crippen molar-refractivity contribution in [2.45, 2.75) is 18.9 Å². The van der Waals surface area contributed by atoms with Gasteiger partial charge in [0.05, 0.1) is 17.5 Å². The molecule has 1 unspecified atom stereocenters. The summed E-state index contributed by atoms with van der Waals surface area (Å²) in [7, 11) is 1.60. The lowest BCUT2D eigenvalue weighted by atomic mass is 9.89. The van der Waals surface area contributed by atoms with Crippen molar-refractivity contribution in [1.82, 2.24) is 4.90 Å². The maximum atomic E-state index is 13.5. The van der Waals surface area contributed by atoms with Crippen LogP contribution in [0.15, 0.2) is 34.6 Å². The lowest BCUT2D eigenvalue weighted by Crippen LogP contribution is -2.47. The number of nitrogens with two attached hydrogens (primary N) is 1. The molecule has 0 saturated carbocycles. The Morgan fingerprint density at radius 1 is 1.46 bits per heavy atom. The van der Waals surface area contributed by atoms with Crippen LogP contribution in [0.4, 0.5) is 4.39 Å². The van der Waals surface area contributed by atoms with E-state index >= 15 is 0 Å². The molecule has 1 atom stereocenters. The molecule has 2 heterocycles. The predicted molar refractivity (Wildman–Crippen MR) is 90.8 cm³/mol. The Morgan fingerprint density at radius 2 is 2.21 bits per heavy atom. The minimum Gasteiger partial charge on any atom is -0.369 e. The Kier molecular flexibility index (Phi) is 3.85. The SMILES string of the molecule is CN1C(=O)CC(C)(c2csc(-c3ccc(F)c(C#N)c3)c2)N=C1N. The Balaban J connectivity index is 2.00. The zero-order valence-electron chi connectivity index (χ0n) is 13.2. The Hall–Kier alpha value is -2.72. The van der Waals surface area contributed by atoms with Gasteiger partial charge in [0.15, 0.2) is 5.96 Å². The first-order valence-corrected chi connectivity index (χ1v) is 8.13. The summed E-state index contributed by atoms with van der Waals surface area (Å²) in [6.45, 7) is 1.86. The summed E-state index contributed by atoms with van der Waals surface area (Å²) in [6.07, 6.45) is 0.229. The quantitative estimate of drug-likeness (QED) is 0.911. The molecular weight excluding hydrogens is 327 g/mol. The molecule has 1 aliphatic heterocycles. The molecule has 0 fully saturated rings. The summed E-state index contributed by atoms with van der Waals surface area (Å²) in [6, 6.07) is 8.18. The van der Waals surface area contributed by atoms with E-state index in [4.69, 9.17) is 11.0 Å². The highest BCUT2D eigenvalue weighted by Crippen LogP contribution is 2.38. The first-order valence-electron chi connectivity index (χ1n) is 7.25. The smallest absolute Gasteiger partial charge is 0.231 e. The van der Waals surface area contributed by atoms with Crippen molar-refractivity contribution in [1.29, 1.82) is 5.26 Å². The number of hydrogen-bond donors (Lipinski definition) is 1. The van der Waals surface area contributed by atoms with E-state index in [1.54, 1.807) is 13.1 Å². The van der Waals surface area contributed by atoms with Crippen LogP contribution in [0.5, 0.6) is 0 Å². The number of hydrogen-bond acceptors (Lipinski definition) is 5. The molecule has 0 bridgehead atoms. The number of benzene rings is 1. The van der Waals surface area contributed by atoms with Gasteiger partial charge in [-0.15, -0.1) is 11.3 Å². The summed E-state index contributed by atoms with van der Waals surface area (Å²) >= 11 is 1.46. The van der Waals surface area contributed by atoms with Gasteiger partial charge in [0.1, 0.15) is 11.9 Å². The number of amides is 1. The van der Waals surface area contributed by atoms with Gasteiger partial charge in [0, 0.05) is 11.9 Å². The second-order valence-electron chi connectivity index (χ2n) is 5.88. The molecule has 1 amide bonds. The van der Waals surface area contributed by atoms with Crippen molar-refractivity contribution >= 4 is 23.2 Å². The fourth-order valence-electron chi connectivity index (χ4n) is 2.61. The summed E-state index contributed by atoms with van der Waals surface area (Å²) < 4.78 is 13.5. The van der Waals surface area contributed by atoms with Crippen molar-refractivity contribution in [2.24, 2.45) is 10.7 Å². The van der Waals surface area contributed by atoms with Crippen molar-refractivity contribution in [2.75, 3.05) is 7.05 Å². The molecule has 0 radical (unpaired) electrons. The van der Waals surface area contributed by atoms with Crippen LogP contribution < -0.4 is 5.73 Å². The minimum absolute atomic E-state index is 0.00500. The monoisotopic (exact) mass is 342 g/mol. The minimum atomic E-state index is -0.722. The van der Waals surface area contributed by atoms with Crippen molar-refractivity contribution in [3.63, 3.8) is 0 Å². The lowest BCUT2D eigenvalue weighted by molar-refractivity contribution is -0.128. The van der Waals surface area contributed by atoms with E-state index in [0.717, 1.165) is 16.0 Å². The third-order valence-corrected chi connectivity index (χ3v) is 5.15. The highest BCUT2D eigenvalue weighted by atomic mass is 32.1.